The third-order valence-corrected chi connectivity index (χ3v) is 7.11. The van der Waals surface area contributed by atoms with Crippen molar-refractivity contribution in [1.29, 1.82) is 5.26 Å². The highest BCUT2D eigenvalue weighted by molar-refractivity contribution is 7.20. The molecule has 0 aliphatic heterocycles. The minimum absolute atomic E-state index is 0.126. The van der Waals surface area contributed by atoms with E-state index in [0.29, 0.717) is 11.4 Å². The number of rotatable bonds is 7. The third-order valence-electron chi connectivity index (χ3n) is 4.94. The molecule has 1 aromatic carbocycles. The van der Waals surface area contributed by atoms with Gasteiger partial charge >= 0.3 is 11.9 Å². The molecular formula is C23H20N4O4S2. The first-order valence-electron chi connectivity index (χ1n) is 10.1. The van der Waals surface area contributed by atoms with Gasteiger partial charge in [0.1, 0.15) is 32.3 Å². The number of thiophene rings is 2. The van der Waals surface area contributed by atoms with Gasteiger partial charge in [0.15, 0.2) is 0 Å². The molecular weight excluding hydrogens is 460 g/mol. The fourth-order valence-corrected chi connectivity index (χ4v) is 5.36. The van der Waals surface area contributed by atoms with Crippen LogP contribution in [0.25, 0.3) is 10.2 Å². The summed E-state index contributed by atoms with van der Waals surface area (Å²) >= 11 is 2.24. The molecule has 2 N–H and O–H groups in total. The normalized spacial score (nSPS) is 10.8. The van der Waals surface area contributed by atoms with Crippen LogP contribution in [0.5, 0.6) is 0 Å². The van der Waals surface area contributed by atoms with Crippen LogP contribution < -0.4 is 5.73 Å². The summed E-state index contributed by atoms with van der Waals surface area (Å²) in [5.41, 5.74) is 8.19. The number of carbonyl (C=O) groups is 2. The van der Waals surface area contributed by atoms with E-state index in [1.54, 1.807) is 13.0 Å². The predicted octanol–water partition coefficient (Wildman–Crippen LogP) is 4.50. The van der Waals surface area contributed by atoms with Gasteiger partial charge in [-0.15, -0.1) is 22.7 Å². The van der Waals surface area contributed by atoms with Gasteiger partial charge in [0, 0.05) is 10.9 Å². The minimum Gasteiger partial charge on any atom is -0.462 e. The molecule has 0 saturated carbocycles. The Morgan fingerprint density at radius 2 is 1.94 bits per heavy atom. The molecule has 0 spiro atoms. The van der Waals surface area contributed by atoms with Crippen LogP contribution >= 0.6 is 22.7 Å². The number of aryl methyl sites for hydroxylation is 1. The average Bonchev–Trinajstić information content (AvgIpc) is 3.46. The molecule has 0 fully saturated rings. The van der Waals surface area contributed by atoms with E-state index >= 15 is 0 Å². The molecule has 4 aromatic rings. The molecule has 8 nitrogen and oxygen atoms in total. The topological polar surface area (TPSA) is 120 Å². The van der Waals surface area contributed by atoms with Crippen LogP contribution in [-0.2, 0) is 22.6 Å². The Labute approximate surface area is 197 Å². The number of nitrogen functional groups attached to an aromatic ring is 1. The Morgan fingerprint density at radius 1 is 1.18 bits per heavy atom. The van der Waals surface area contributed by atoms with Crippen molar-refractivity contribution < 1.29 is 19.1 Å². The van der Waals surface area contributed by atoms with Crippen molar-refractivity contribution >= 4 is 49.8 Å². The molecule has 0 atom stereocenters. The molecule has 0 aliphatic rings. The van der Waals surface area contributed by atoms with E-state index in [4.69, 9.17) is 15.2 Å². The second kappa shape index (κ2) is 9.44. The second-order valence-corrected chi connectivity index (χ2v) is 9.20. The number of carbonyl (C=O) groups excluding carboxylic acids is 2. The van der Waals surface area contributed by atoms with E-state index < -0.39 is 11.9 Å². The lowest BCUT2D eigenvalue weighted by Crippen LogP contribution is -2.09. The van der Waals surface area contributed by atoms with Gasteiger partial charge in [-0.2, -0.15) is 10.4 Å². The first-order chi connectivity index (χ1) is 15.9. The highest BCUT2D eigenvalue weighted by Crippen LogP contribution is 2.33. The number of esters is 2. The number of aromatic nitrogens is 2. The minimum atomic E-state index is -0.597. The summed E-state index contributed by atoms with van der Waals surface area (Å²) in [7, 11) is 0. The molecule has 0 saturated heterocycles. The Morgan fingerprint density at radius 3 is 2.64 bits per heavy atom. The molecule has 0 bridgehead atoms. The maximum absolute atomic E-state index is 12.8. The molecule has 3 aromatic heterocycles. The van der Waals surface area contributed by atoms with Crippen molar-refractivity contribution in [3.8, 4) is 6.07 Å². The van der Waals surface area contributed by atoms with Crippen molar-refractivity contribution in [2.45, 2.75) is 27.0 Å². The summed E-state index contributed by atoms with van der Waals surface area (Å²) in [6.45, 7) is 4.08. The van der Waals surface area contributed by atoms with Gasteiger partial charge in [-0.1, -0.05) is 30.3 Å². The summed E-state index contributed by atoms with van der Waals surface area (Å²) in [5, 5.41) is 15.1. The molecule has 33 heavy (non-hydrogen) atoms. The summed E-state index contributed by atoms with van der Waals surface area (Å²) in [5.74, 6) is -1.15. The fourth-order valence-electron chi connectivity index (χ4n) is 3.39. The van der Waals surface area contributed by atoms with Crippen LogP contribution in [-0.4, -0.2) is 28.3 Å². The number of hydrogen-bond acceptors (Lipinski definition) is 9. The van der Waals surface area contributed by atoms with Crippen LogP contribution in [0.4, 0.5) is 5.00 Å². The van der Waals surface area contributed by atoms with Gasteiger partial charge in [0.05, 0.1) is 24.4 Å². The quantitative estimate of drug-likeness (QED) is 0.387. The van der Waals surface area contributed by atoms with Crippen LogP contribution in [0.1, 0.15) is 48.7 Å². The largest absolute Gasteiger partial charge is 0.462 e. The smallest absolute Gasteiger partial charge is 0.348 e. The van der Waals surface area contributed by atoms with Crippen molar-refractivity contribution in [3.63, 3.8) is 0 Å². The molecule has 4 rings (SSSR count). The lowest BCUT2D eigenvalue weighted by Gasteiger charge is -2.06. The lowest BCUT2D eigenvalue weighted by molar-refractivity contribution is 0.0457. The van der Waals surface area contributed by atoms with Crippen molar-refractivity contribution in [2.75, 3.05) is 12.3 Å². The first-order valence-corrected chi connectivity index (χ1v) is 11.7. The summed E-state index contributed by atoms with van der Waals surface area (Å²) in [4.78, 5) is 26.5. The van der Waals surface area contributed by atoms with Gasteiger partial charge in [-0.25, -0.2) is 9.59 Å². The molecule has 0 aliphatic carbocycles. The summed E-state index contributed by atoms with van der Waals surface area (Å²) in [6.07, 6.45) is 0. The predicted molar refractivity (Wildman–Crippen MR) is 126 cm³/mol. The maximum Gasteiger partial charge on any atom is 0.348 e. The van der Waals surface area contributed by atoms with Crippen molar-refractivity contribution in [2.24, 2.45) is 0 Å². The lowest BCUT2D eigenvalue weighted by atomic mass is 10.1. The van der Waals surface area contributed by atoms with Gasteiger partial charge in [-0.3, -0.25) is 4.68 Å². The number of hydrogen-bond donors (Lipinski definition) is 1. The van der Waals surface area contributed by atoms with E-state index in [-0.39, 0.29) is 34.2 Å². The number of nitrogens with two attached hydrogens (primary N) is 1. The van der Waals surface area contributed by atoms with E-state index in [2.05, 4.69) is 5.10 Å². The van der Waals surface area contributed by atoms with Crippen LogP contribution in [0.15, 0.2) is 36.4 Å². The van der Waals surface area contributed by atoms with Gasteiger partial charge in [0.2, 0.25) is 0 Å². The van der Waals surface area contributed by atoms with Gasteiger partial charge in [-0.05, 0) is 25.5 Å². The van der Waals surface area contributed by atoms with E-state index in [1.807, 2.05) is 48.0 Å². The third kappa shape index (κ3) is 4.46. The molecule has 168 valence electrons. The molecule has 0 unspecified atom stereocenters. The zero-order chi connectivity index (χ0) is 23.5. The number of benzene rings is 1. The van der Waals surface area contributed by atoms with Crippen LogP contribution in [0.3, 0.4) is 0 Å². The van der Waals surface area contributed by atoms with Crippen molar-refractivity contribution in [1.82, 2.24) is 9.78 Å². The highest BCUT2D eigenvalue weighted by atomic mass is 32.1. The fraction of sp³-hybridized carbons (Fsp3) is 0.217. The summed E-state index contributed by atoms with van der Waals surface area (Å²) in [6, 6.07) is 13.7. The Hall–Kier alpha value is -3.68. The number of anilines is 1. The molecule has 10 heteroatoms. The second-order valence-electron chi connectivity index (χ2n) is 7.12. The SMILES string of the molecule is CCOC(=O)c1sc(N)c(C#N)c1COC(=O)c1cc2c(C)nn(Cc3ccccc3)c2s1. The van der Waals surface area contributed by atoms with Crippen molar-refractivity contribution in [3.05, 3.63) is 68.5 Å². The summed E-state index contributed by atoms with van der Waals surface area (Å²) < 4.78 is 12.4. The number of ether oxygens (including phenoxy) is 2. The van der Waals surface area contributed by atoms with E-state index in [9.17, 15) is 14.9 Å². The Bertz CT molecular complexity index is 1380. The van der Waals surface area contributed by atoms with Gasteiger partial charge < -0.3 is 15.2 Å². The monoisotopic (exact) mass is 480 g/mol. The molecule has 0 amide bonds. The first kappa shape index (κ1) is 22.5. The zero-order valence-corrected chi connectivity index (χ0v) is 19.6. The van der Waals surface area contributed by atoms with Crippen LogP contribution in [0, 0.1) is 18.3 Å². The van der Waals surface area contributed by atoms with E-state index in [1.165, 1.54) is 11.3 Å². The molecule has 3 heterocycles. The van der Waals surface area contributed by atoms with Crippen LogP contribution in [0.2, 0.25) is 0 Å². The standard InChI is InChI=1S/C23H20N4O4S2/c1-3-30-23(29)19-17(16(10-24)20(25)33-19)12-31-22(28)18-9-15-13(2)26-27(21(15)32-18)11-14-7-5-4-6-8-14/h4-9H,3,11-12,25H2,1-2H3. The Kier molecular flexibility index (Phi) is 6.44. The highest BCUT2D eigenvalue weighted by Gasteiger charge is 2.25. The zero-order valence-electron chi connectivity index (χ0n) is 18.0. The number of fused-ring (bicyclic) bond motifs is 1. The van der Waals surface area contributed by atoms with Gasteiger partial charge in [0.25, 0.3) is 0 Å². The average molecular weight is 481 g/mol. The van der Waals surface area contributed by atoms with E-state index in [0.717, 1.165) is 32.8 Å². The maximum atomic E-state index is 12.8. The number of nitrogens with zero attached hydrogens (tertiary/aromatic N) is 3. The Balaban J connectivity index is 1.56. The number of nitriles is 1. The molecule has 0 radical (unpaired) electrons.